The minimum Gasteiger partial charge on any atom is -0.322 e. The lowest BCUT2D eigenvalue weighted by Crippen LogP contribution is -2.11. The molecule has 0 unspecified atom stereocenters. The van der Waals surface area contributed by atoms with Crippen LogP contribution < -0.4 is 5.32 Å². The predicted molar refractivity (Wildman–Crippen MR) is 99.8 cm³/mol. The van der Waals surface area contributed by atoms with Gasteiger partial charge in [0.15, 0.2) is 0 Å². The van der Waals surface area contributed by atoms with Gasteiger partial charge >= 0.3 is 0 Å². The summed E-state index contributed by atoms with van der Waals surface area (Å²) in [7, 11) is 0. The van der Waals surface area contributed by atoms with Gasteiger partial charge in [-0.15, -0.1) is 0 Å². The molecule has 1 amide bonds. The minimum absolute atomic E-state index is 0.114. The lowest BCUT2D eigenvalue weighted by atomic mass is 10.1. The molecule has 0 aliphatic heterocycles. The first-order valence-corrected chi connectivity index (χ1v) is 8.12. The van der Waals surface area contributed by atoms with Crippen LogP contribution in [0.3, 0.4) is 0 Å². The van der Waals surface area contributed by atoms with Crippen LogP contribution in [0.2, 0.25) is 0 Å². The number of aryl methyl sites for hydroxylation is 1. The Morgan fingerprint density at radius 3 is 2.44 bits per heavy atom. The Labute approximate surface area is 145 Å². The number of benzene rings is 2. The second-order valence-corrected chi connectivity index (χ2v) is 5.95. The van der Waals surface area contributed by atoms with Crippen LogP contribution in [-0.4, -0.2) is 15.3 Å². The molecule has 0 bridgehead atoms. The molecule has 4 nitrogen and oxygen atoms in total. The van der Waals surface area contributed by atoms with Crippen LogP contribution in [0.15, 0.2) is 79.1 Å². The van der Waals surface area contributed by atoms with Gasteiger partial charge < -0.3 is 9.72 Å². The fourth-order valence-electron chi connectivity index (χ4n) is 2.81. The average molecular weight is 327 g/mol. The summed E-state index contributed by atoms with van der Waals surface area (Å²) in [5, 5.41) is 2.91. The zero-order valence-electron chi connectivity index (χ0n) is 13.8. The van der Waals surface area contributed by atoms with E-state index in [-0.39, 0.29) is 5.91 Å². The highest BCUT2D eigenvalue weighted by molar-refractivity contribution is 6.04. The van der Waals surface area contributed by atoms with Crippen LogP contribution >= 0.6 is 0 Å². The topological polar surface area (TPSA) is 46.4 Å². The first-order valence-electron chi connectivity index (χ1n) is 8.12. The highest BCUT2D eigenvalue weighted by atomic mass is 16.1. The predicted octanol–water partition coefficient (Wildman–Crippen LogP) is 4.56. The lowest BCUT2D eigenvalue weighted by Gasteiger charge is -2.05. The van der Waals surface area contributed by atoms with Crippen molar-refractivity contribution in [2.75, 3.05) is 5.32 Å². The molecule has 0 fully saturated rings. The highest BCUT2D eigenvalue weighted by Crippen LogP contribution is 2.22. The highest BCUT2D eigenvalue weighted by Gasteiger charge is 2.08. The number of carbonyl (C=O) groups is 1. The maximum absolute atomic E-state index is 12.2. The summed E-state index contributed by atoms with van der Waals surface area (Å²) in [4.78, 5) is 16.9. The van der Waals surface area contributed by atoms with Crippen molar-refractivity contribution in [1.82, 2.24) is 9.38 Å². The molecule has 0 radical (unpaired) electrons. The molecule has 0 saturated heterocycles. The third-order valence-electron chi connectivity index (χ3n) is 4.15. The third-order valence-corrected chi connectivity index (χ3v) is 4.15. The van der Waals surface area contributed by atoms with Gasteiger partial charge in [0.2, 0.25) is 0 Å². The van der Waals surface area contributed by atoms with Gasteiger partial charge in [0.1, 0.15) is 5.65 Å². The largest absolute Gasteiger partial charge is 0.322 e. The Hall–Kier alpha value is -3.40. The molecular weight excluding hydrogens is 310 g/mol. The van der Waals surface area contributed by atoms with Gasteiger partial charge in [0.05, 0.1) is 5.69 Å². The molecule has 25 heavy (non-hydrogen) atoms. The second kappa shape index (κ2) is 6.24. The molecule has 0 saturated carbocycles. The van der Waals surface area contributed by atoms with E-state index in [4.69, 9.17) is 4.98 Å². The van der Waals surface area contributed by atoms with E-state index in [0.717, 1.165) is 28.2 Å². The number of amides is 1. The van der Waals surface area contributed by atoms with Crippen molar-refractivity contribution in [3.05, 3.63) is 90.3 Å². The maximum atomic E-state index is 12.2. The molecule has 122 valence electrons. The average Bonchev–Trinajstić information content (AvgIpc) is 3.09. The van der Waals surface area contributed by atoms with Crippen molar-refractivity contribution < 1.29 is 4.79 Å². The molecule has 0 atom stereocenters. The minimum atomic E-state index is -0.114. The summed E-state index contributed by atoms with van der Waals surface area (Å²) in [6, 6.07) is 21.0. The molecular formula is C21H17N3O. The molecule has 1 N–H and O–H groups in total. The van der Waals surface area contributed by atoms with Crippen LogP contribution in [0.5, 0.6) is 0 Å². The van der Waals surface area contributed by atoms with Crippen molar-refractivity contribution in [1.29, 1.82) is 0 Å². The van der Waals surface area contributed by atoms with E-state index in [2.05, 4.69) is 5.32 Å². The molecule has 4 heteroatoms. The van der Waals surface area contributed by atoms with Crippen LogP contribution in [0, 0.1) is 6.92 Å². The van der Waals surface area contributed by atoms with E-state index in [9.17, 15) is 4.79 Å². The molecule has 2 heterocycles. The Bertz CT molecular complexity index is 1030. The molecule has 4 rings (SSSR count). The third kappa shape index (κ3) is 3.02. The van der Waals surface area contributed by atoms with Gasteiger partial charge in [-0.3, -0.25) is 4.79 Å². The fraction of sp³-hybridized carbons (Fsp3) is 0.0476. The van der Waals surface area contributed by atoms with Crippen molar-refractivity contribution in [2.45, 2.75) is 6.92 Å². The summed E-state index contributed by atoms with van der Waals surface area (Å²) < 4.78 is 2.02. The number of nitrogens with one attached hydrogen (secondary N) is 1. The van der Waals surface area contributed by atoms with Gasteiger partial charge in [-0.25, -0.2) is 4.98 Å². The first kappa shape index (κ1) is 15.1. The molecule has 0 aliphatic carbocycles. The van der Waals surface area contributed by atoms with Crippen molar-refractivity contribution in [2.24, 2.45) is 0 Å². The molecule has 0 aliphatic rings. The molecule has 2 aromatic carbocycles. The Kier molecular flexibility index (Phi) is 3.78. The Morgan fingerprint density at radius 2 is 1.72 bits per heavy atom. The van der Waals surface area contributed by atoms with E-state index >= 15 is 0 Å². The number of anilines is 1. The van der Waals surface area contributed by atoms with Gasteiger partial charge in [-0.2, -0.15) is 0 Å². The number of carbonyl (C=O) groups excluding carboxylic acids is 1. The Morgan fingerprint density at radius 1 is 0.960 bits per heavy atom. The number of fused-ring (bicyclic) bond motifs is 1. The molecule has 4 aromatic rings. The zero-order valence-corrected chi connectivity index (χ0v) is 13.8. The van der Waals surface area contributed by atoms with E-state index in [1.807, 2.05) is 78.3 Å². The van der Waals surface area contributed by atoms with E-state index in [1.165, 1.54) is 0 Å². The second-order valence-electron chi connectivity index (χ2n) is 5.95. The van der Waals surface area contributed by atoms with E-state index in [0.29, 0.717) is 5.56 Å². The van der Waals surface area contributed by atoms with Gasteiger partial charge in [-0.1, -0.05) is 36.4 Å². The summed E-state index contributed by atoms with van der Waals surface area (Å²) in [5.41, 5.74) is 5.43. The quantitative estimate of drug-likeness (QED) is 0.599. The number of imidazole rings is 1. The van der Waals surface area contributed by atoms with Crippen molar-refractivity contribution in [3.8, 4) is 11.3 Å². The van der Waals surface area contributed by atoms with Gasteiger partial charge in [0, 0.05) is 29.2 Å². The molecule has 2 aromatic heterocycles. The lowest BCUT2D eigenvalue weighted by molar-refractivity contribution is 0.102. The van der Waals surface area contributed by atoms with Gasteiger partial charge in [-0.05, 0) is 42.8 Å². The van der Waals surface area contributed by atoms with Gasteiger partial charge in [0.25, 0.3) is 5.91 Å². The zero-order chi connectivity index (χ0) is 17.2. The number of rotatable bonds is 3. The maximum Gasteiger partial charge on any atom is 0.255 e. The number of nitrogens with zero attached hydrogens (tertiary/aromatic N) is 2. The summed E-state index contributed by atoms with van der Waals surface area (Å²) in [6.45, 7) is 2.05. The molecule has 0 spiro atoms. The number of pyridine rings is 1. The van der Waals surface area contributed by atoms with E-state index < -0.39 is 0 Å². The van der Waals surface area contributed by atoms with Crippen LogP contribution in [-0.2, 0) is 0 Å². The van der Waals surface area contributed by atoms with Crippen LogP contribution in [0.4, 0.5) is 5.69 Å². The fourth-order valence-corrected chi connectivity index (χ4v) is 2.81. The van der Waals surface area contributed by atoms with E-state index in [1.54, 1.807) is 12.1 Å². The summed E-state index contributed by atoms with van der Waals surface area (Å²) >= 11 is 0. The normalized spacial score (nSPS) is 10.8. The summed E-state index contributed by atoms with van der Waals surface area (Å²) in [6.07, 6.45) is 4.01. The number of hydrogen-bond donors (Lipinski definition) is 1. The first-order chi connectivity index (χ1) is 12.2. The van der Waals surface area contributed by atoms with Crippen molar-refractivity contribution in [3.63, 3.8) is 0 Å². The smallest absolute Gasteiger partial charge is 0.255 e. The van der Waals surface area contributed by atoms with Crippen molar-refractivity contribution >= 4 is 17.2 Å². The van der Waals surface area contributed by atoms with Crippen LogP contribution in [0.25, 0.3) is 16.9 Å². The summed E-state index contributed by atoms with van der Waals surface area (Å²) in [5.74, 6) is -0.114. The monoisotopic (exact) mass is 327 g/mol. The van der Waals surface area contributed by atoms with Crippen LogP contribution in [0.1, 0.15) is 15.9 Å². The number of hydrogen-bond acceptors (Lipinski definition) is 2. The standard InChI is InChI=1S/C21H17N3O/c1-15-6-5-13-24-14-19(23-20(15)24)16-9-11-18(12-10-16)22-21(25)17-7-3-2-4-8-17/h2-14H,1H3,(H,22,25). The number of aromatic nitrogens is 2. The SMILES string of the molecule is Cc1cccn2cc(-c3ccc(NC(=O)c4ccccc4)cc3)nc12. The Balaban J connectivity index is 1.57.